The Bertz CT molecular complexity index is 1250. The van der Waals surface area contributed by atoms with Crippen LogP contribution in [0, 0.1) is 18.7 Å². The highest BCUT2D eigenvalue weighted by molar-refractivity contribution is 6.31. The molecule has 10 heteroatoms. The summed E-state index contributed by atoms with van der Waals surface area (Å²) in [5.41, 5.74) is 1.00. The van der Waals surface area contributed by atoms with Crippen LogP contribution in [-0.2, 0) is 4.79 Å². The quantitative estimate of drug-likeness (QED) is 0.602. The van der Waals surface area contributed by atoms with Crippen molar-refractivity contribution in [2.24, 2.45) is 5.92 Å². The van der Waals surface area contributed by atoms with Crippen molar-refractivity contribution in [2.45, 2.75) is 51.1 Å². The Balaban J connectivity index is 1.43. The predicted molar refractivity (Wildman–Crippen MR) is 124 cm³/mol. The average molecular weight is 483 g/mol. The van der Waals surface area contributed by atoms with Gasteiger partial charge in [0.15, 0.2) is 5.82 Å². The molecule has 0 bridgehead atoms. The van der Waals surface area contributed by atoms with E-state index >= 15 is 0 Å². The smallest absolute Gasteiger partial charge is 0.254 e. The zero-order chi connectivity index (χ0) is 23.8. The summed E-state index contributed by atoms with van der Waals surface area (Å²) in [5, 5.41) is 14.5. The summed E-state index contributed by atoms with van der Waals surface area (Å²) in [6.07, 6.45) is 4.60. The number of hydrogen-bond acceptors (Lipinski definition) is 5. The van der Waals surface area contributed by atoms with Gasteiger partial charge in [0.2, 0.25) is 5.91 Å². The number of carbonyl (C=O) groups is 2. The van der Waals surface area contributed by atoms with Crippen molar-refractivity contribution < 1.29 is 14.0 Å². The molecule has 3 aromatic rings. The number of amides is 2. The molecule has 2 amide bonds. The first-order valence-electron chi connectivity index (χ1n) is 11.4. The van der Waals surface area contributed by atoms with E-state index in [-0.39, 0.29) is 29.5 Å². The molecule has 2 aliphatic rings. The Morgan fingerprint density at radius 3 is 2.74 bits per heavy atom. The number of aryl methyl sites for hydroxylation is 1. The lowest BCUT2D eigenvalue weighted by molar-refractivity contribution is -0.120. The number of carbonyl (C=O) groups excluding carboxylic acids is 2. The lowest BCUT2D eigenvalue weighted by atomic mass is 9.84. The number of halogens is 2. The molecule has 3 unspecified atom stereocenters. The topological polar surface area (TPSA) is 93.0 Å². The highest BCUT2D eigenvalue weighted by Gasteiger charge is 2.47. The SMILES string of the molecule is Cc1nnnn1-c1cc(NC(=O)C2CC3CCCCC3N2C(=O)c2cccc(Cl)c2)ccc1F. The van der Waals surface area contributed by atoms with Gasteiger partial charge in [0.05, 0.1) is 0 Å². The van der Waals surface area contributed by atoms with E-state index in [9.17, 15) is 14.0 Å². The number of anilines is 1. The summed E-state index contributed by atoms with van der Waals surface area (Å²) in [6, 6.07) is 10.4. The van der Waals surface area contributed by atoms with Crippen LogP contribution in [0.1, 0.15) is 48.3 Å². The molecule has 1 N–H and O–H groups in total. The second-order valence-corrected chi connectivity index (χ2v) is 9.32. The van der Waals surface area contributed by atoms with E-state index in [1.165, 1.54) is 22.9 Å². The van der Waals surface area contributed by atoms with Crippen LogP contribution in [0.2, 0.25) is 5.02 Å². The number of likely N-dealkylation sites (tertiary alicyclic amines) is 1. The molecule has 1 aliphatic carbocycles. The van der Waals surface area contributed by atoms with Crippen LogP contribution >= 0.6 is 11.6 Å². The highest BCUT2D eigenvalue weighted by Crippen LogP contribution is 2.41. The minimum atomic E-state index is -0.622. The van der Waals surface area contributed by atoms with Gasteiger partial charge in [-0.1, -0.05) is 30.5 Å². The first-order valence-corrected chi connectivity index (χ1v) is 11.7. The molecule has 176 valence electrons. The van der Waals surface area contributed by atoms with Crippen LogP contribution in [0.3, 0.4) is 0 Å². The van der Waals surface area contributed by atoms with Crippen molar-refractivity contribution in [1.82, 2.24) is 25.1 Å². The third-order valence-corrected chi connectivity index (χ3v) is 7.00. The first-order chi connectivity index (χ1) is 16.4. The third kappa shape index (κ3) is 4.16. The van der Waals surface area contributed by atoms with Gasteiger partial charge in [-0.3, -0.25) is 9.59 Å². The molecular formula is C24H24ClFN6O2. The Morgan fingerprint density at radius 2 is 1.97 bits per heavy atom. The summed E-state index contributed by atoms with van der Waals surface area (Å²) in [5.74, 6) is -0.309. The summed E-state index contributed by atoms with van der Waals surface area (Å²) in [4.78, 5) is 28.7. The molecular weight excluding hydrogens is 459 g/mol. The number of hydrogen-bond donors (Lipinski definition) is 1. The summed E-state index contributed by atoms with van der Waals surface area (Å²) in [6.45, 7) is 1.66. The van der Waals surface area contributed by atoms with Crippen molar-refractivity contribution in [3.8, 4) is 5.69 Å². The van der Waals surface area contributed by atoms with E-state index in [2.05, 4.69) is 20.8 Å². The fourth-order valence-corrected chi connectivity index (χ4v) is 5.38. The predicted octanol–water partition coefficient (Wildman–Crippen LogP) is 4.18. The van der Waals surface area contributed by atoms with Crippen LogP contribution in [0.15, 0.2) is 42.5 Å². The lowest BCUT2D eigenvalue weighted by Crippen LogP contribution is -2.47. The summed E-state index contributed by atoms with van der Waals surface area (Å²) < 4.78 is 15.7. The van der Waals surface area contributed by atoms with E-state index in [4.69, 9.17) is 11.6 Å². The van der Waals surface area contributed by atoms with E-state index in [1.807, 2.05) is 0 Å². The van der Waals surface area contributed by atoms with Crippen molar-refractivity contribution in [3.63, 3.8) is 0 Å². The van der Waals surface area contributed by atoms with Crippen molar-refractivity contribution in [3.05, 3.63) is 64.7 Å². The minimum Gasteiger partial charge on any atom is -0.324 e. The largest absolute Gasteiger partial charge is 0.324 e. The number of nitrogens with zero attached hydrogens (tertiary/aromatic N) is 5. The highest BCUT2D eigenvalue weighted by atomic mass is 35.5. The second-order valence-electron chi connectivity index (χ2n) is 8.88. The Hall–Kier alpha value is -3.33. The van der Waals surface area contributed by atoms with Crippen LogP contribution in [0.4, 0.5) is 10.1 Å². The van der Waals surface area contributed by atoms with Gasteiger partial charge >= 0.3 is 0 Å². The molecule has 1 aliphatic heterocycles. The van der Waals surface area contributed by atoms with Gasteiger partial charge in [0.1, 0.15) is 17.5 Å². The van der Waals surface area contributed by atoms with Crippen molar-refractivity contribution in [2.75, 3.05) is 5.32 Å². The number of nitrogens with one attached hydrogen (secondary N) is 1. The number of tetrazole rings is 1. The number of benzene rings is 2. The second kappa shape index (κ2) is 9.13. The Morgan fingerprint density at radius 1 is 1.15 bits per heavy atom. The average Bonchev–Trinajstić information content (AvgIpc) is 3.43. The van der Waals surface area contributed by atoms with Gasteiger partial charge in [-0.05, 0) is 78.9 Å². The number of fused-ring (bicyclic) bond motifs is 1. The summed E-state index contributed by atoms with van der Waals surface area (Å²) in [7, 11) is 0. The van der Waals surface area contributed by atoms with Gasteiger partial charge in [-0.2, -0.15) is 4.68 Å². The lowest BCUT2D eigenvalue weighted by Gasteiger charge is -2.33. The van der Waals surface area contributed by atoms with Gasteiger partial charge in [0, 0.05) is 22.3 Å². The minimum absolute atomic E-state index is 0.0173. The molecule has 1 saturated carbocycles. The van der Waals surface area contributed by atoms with Gasteiger partial charge in [-0.15, -0.1) is 5.10 Å². The van der Waals surface area contributed by atoms with E-state index < -0.39 is 11.9 Å². The molecule has 0 radical (unpaired) electrons. The van der Waals surface area contributed by atoms with Gasteiger partial charge in [0.25, 0.3) is 5.91 Å². The molecule has 1 aromatic heterocycles. The van der Waals surface area contributed by atoms with E-state index in [1.54, 1.807) is 36.1 Å². The zero-order valence-electron chi connectivity index (χ0n) is 18.6. The maximum absolute atomic E-state index is 14.4. The molecule has 1 saturated heterocycles. The van der Waals surface area contributed by atoms with Gasteiger partial charge < -0.3 is 10.2 Å². The molecule has 0 spiro atoms. The molecule has 2 aromatic carbocycles. The Kier molecular flexibility index (Phi) is 6.03. The third-order valence-electron chi connectivity index (χ3n) is 6.76. The standard InChI is InChI=1S/C24H24ClFN6O2/c1-14-28-29-30-32(14)21-13-18(9-10-19(21)26)27-23(33)22-12-15-5-2-3-8-20(15)31(22)24(34)16-6-4-7-17(25)11-16/h4,6-7,9-11,13,15,20,22H,2-3,5,8,12H2,1H3,(H,27,33). The van der Waals surface area contributed by atoms with Crippen LogP contribution in [0.25, 0.3) is 5.69 Å². The molecule has 3 atom stereocenters. The normalized spacial score (nSPS) is 21.9. The maximum Gasteiger partial charge on any atom is 0.254 e. The van der Waals surface area contributed by atoms with E-state index in [0.29, 0.717) is 28.5 Å². The zero-order valence-corrected chi connectivity index (χ0v) is 19.4. The number of aromatic nitrogens is 4. The van der Waals surface area contributed by atoms with Crippen molar-refractivity contribution >= 4 is 29.1 Å². The van der Waals surface area contributed by atoms with Gasteiger partial charge in [-0.25, -0.2) is 4.39 Å². The van der Waals surface area contributed by atoms with Crippen LogP contribution in [0.5, 0.6) is 0 Å². The Labute approximate surface area is 201 Å². The fraction of sp³-hybridized carbons (Fsp3) is 0.375. The monoisotopic (exact) mass is 482 g/mol. The maximum atomic E-state index is 14.4. The first kappa shape index (κ1) is 22.5. The summed E-state index contributed by atoms with van der Waals surface area (Å²) >= 11 is 6.12. The molecule has 8 nitrogen and oxygen atoms in total. The van der Waals surface area contributed by atoms with Crippen LogP contribution < -0.4 is 5.32 Å². The molecule has 5 rings (SSSR count). The number of rotatable bonds is 4. The molecule has 2 fully saturated rings. The van der Waals surface area contributed by atoms with E-state index in [0.717, 1.165) is 25.7 Å². The van der Waals surface area contributed by atoms with Crippen molar-refractivity contribution in [1.29, 1.82) is 0 Å². The molecule has 34 heavy (non-hydrogen) atoms. The fourth-order valence-electron chi connectivity index (χ4n) is 5.19. The molecule has 2 heterocycles. The van der Waals surface area contributed by atoms with Crippen LogP contribution in [-0.4, -0.2) is 49.0 Å².